The Bertz CT molecular complexity index is 1310. The molecule has 0 heterocycles. The summed E-state index contributed by atoms with van der Waals surface area (Å²) in [5.74, 6) is -0.101. The van der Waals surface area contributed by atoms with Gasteiger partial charge in [-0.25, -0.2) is 0 Å². The second kappa shape index (κ2) is 56.1. The van der Waals surface area contributed by atoms with E-state index in [0.29, 0.717) is 6.42 Å². The normalized spacial score (nSPS) is 13.8. The fourth-order valence-electron chi connectivity index (χ4n) is 7.72. The highest BCUT2D eigenvalue weighted by Gasteiger charge is 2.17. The molecule has 0 bridgehead atoms. The van der Waals surface area contributed by atoms with Crippen LogP contribution in [0, 0.1) is 0 Å². The van der Waals surface area contributed by atoms with Gasteiger partial charge in [0, 0.05) is 6.42 Å². The SMILES string of the molecule is CC/C=C\C/C=C\C/C=C\C/C=C\C/C=C\C/C=C\C/C=C\CCCCCCCC(=O)NC(CO)C(O)/C=C/CC/C=C/CC/C=C/CCCCCCCCCCCCCCCCCCC. The molecule has 0 aromatic rings. The van der Waals surface area contributed by atoms with Crippen molar-refractivity contribution in [3.05, 3.63) is 122 Å². The zero-order valence-electron chi connectivity index (χ0n) is 43.2. The molecule has 1 amide bonds. The summed E-state index contributed by atoms with van der Waals surface area (Å²) in [5, 5.41) is 23.1. The van der Waals surface area contributed by atoms with Crippen molar-refractivity contribution in [1.29, 1.82) is 0 Å². The number of hydrogen-bond donors (Lipinski definition) is 3. The average molecular weight is 913 g/mol. The first-order valence-electron chi connectivity index (χ1n) is 27.7. The summed E-state index contributed by atoms with van der Waals surface area (Å²) in [5.41, 5.74) is 0. The van der Waals surface area contributed by atoms with Crippen LogP contribution in [0.2, 0.25) is 0 Å². The van der Waals surface area contributed by atoms with Crippen LogP contribution in [0.1, 0.15) is 245 Å². The van der Waals surface area contributed by atoms with Crippen molar-refractivity contribution in [1.82, 2.24) is 5.32 Å². The largest absolute Gasteiger partial charge is 0.394 e. The number of amides is 1. The zero-order valence-corrected chi connectivity index (χ0v) is 43.2. The Kier molecular flexibility index (Phi) is 53.4. The molecule has 376 valence electrons. The van der Waals surface area contributed by atoms with Gasteiger partial charge in [0.1, 0.15) is 0 Å². The number of aliphatic hydroxyl groups is 2. The molecule has 3 N–H and O–H groups in total. The number of aliphatic hydroxyl groups excluding tert-OH is 2. The maximum absolute atomic E-state index is 12.5. The average Bonchev–Trinajstić information content (AvgIpc) is 3.32. The highest BCUT2D eigenvalue weighted by atomic mass is 16.3. The predicted molar refractivity (Wildman–Crippen MR) is 294 cm³/mol. The second-order valence-corrected chi connectivity index (χ2v) is 18.2. The lowest BCUT2D eigenvalue weighted by Crippen LogP contribution is -2.45. The summed E-state index contributed by atoms with van der Waals surface area (Å²) in [4.78, 5) is 12.5. The van der Waals surface area contributed by atoms with E-state index in [1.54, 1.807) is 6.08 Å². The minimum Gasteiger partial charge on any atom is -0.394 e. The Morgan fingerprint density at radius 3 is 1.06 bits per heavy atom. The van der Waals surface area contributed by atoms with Crippen LogP contribution in [0.15, 0.2) is 122 Å². The quantitative estimate of drug-likeness (QED) is 0.0421. The molecule has 0 aliphatic rings. The van der Waals surface area contributed by atoms with Crippen LogP contribution in [0.25, 0.3) is 0 Å². The number of carbonyl (C=O) groups is 1. The third-order valence-corrected chi connectivity index (χ3v) is 11.9. The van der Waals surface area contributed by atoms with Crippen LogP contribution < -0.4 is 5.32 Å². The van der Waals surface area contributed by atoms with E-state index >= 15 is 0 Å². The Balaban J connectivity index is 3.68. The standard InChI is InChI=1S/C62H105NO3/c1-3-5-7-9-11-13-15-17-19-21-23-25-27-29-31-33-35-37-39-41-43-45-47-49-51-53-55-57-61(65)60(59-64)63-62(66)58-56-54-52-50-48-46-44-42-40-38-36-34-32-30-28-26-24-22-20-18-16-14-12-10-8-6-4-2/h6,8,12,14,18,20,24,26,30,32,36,38-39,41-42,44,47,49,55,57,60-61,64-65H,3-5,7,9-11,13,15-17,19,21-23,25,27-29,31,33-35,37,40,43,45-46,48,50-54,56,58-59H2,1-2H3,(H,63,66)/b8-6-,14-12-,20-18-,26-24-,32-30-,38-36-,41-39+,44-42-,49-47+,57-55+. The summed E-state index contributed by atoms with van der Waals surface area (Å²) in [6.45, 7) is 4.18. The van der Waals surface area contributed by atoms with E-state index in [0.717, 1.165) is 96.3 Å². The van der Waals surface area contributed by atoms with Crippen molar-refractivity contribution in [3.8, 4) is 0 Å². The lowest BCUT2D eigenvalue weighted by molar-refractivity contribution is -0.123. The third-order valence-electron chi connectivity index (χ3n) is 11.9. The second-order valence-electron chi connectivity index (χ2n) is 18.2. The molecule has 0 aromatic carbocycles. The van der Waals surface area contributed by atoms with Gasteiger partial charge in [0.05, 0.1) is 18.8 Å². The lowest BCUT2D eigenvalue weighted by atomic mass is 10.0. The number of carbonyl (C=O) groups excluding carboxylic acids is 1. The number of allylic oxidation sites excluding steroid dienone is 19. The van der Waals surface area contributed by atoms with Crippen LogP contribution in [0.5, 0.6) is 0 Å². The van der Waals surface area contributed by atoms with Gasteiger partial charge in [-0.15, -0.1) is 0 Å². The van der Waals surface area contributed by atoms with Gasteiger partial charge >= 0.3 is 0 Å². The fourth-order valence-corrected chi connectivity index (χ4v) is 7.72. The smallest absolute Gasteiger partial charge is 0.220 e. The molecular weight excluding hydrogens is 807 g/mol. The molecular formula is C62H105NO3. The van der Waals surface area contributed by atoms with Crippen LogP contribution in [-0.2, 0) is 4.79 Å². The molecule has 4 nitrogen and oxygen atoms in total. The molecule has 0 saturated carbocycles. The Morgan fingerprint density at radius 1 is 0.379 bits per heavy atom. The van der Waals surface area contributed by atoms with E-state index in [-0.39, 0.29) is 12.5 Å². The molecule has 0 aliphatic heterocycles. The van der Waals surface area contributed by atoms with E-state index in [4.69, 9.17) is 0 Å². The van der Waals surface area contributed by atoms with Gasteiger partial charge < -0.3 is 15.5 Å². The minimum atomic E-state index is -0.889. The molecule has 0 aromatic heterocycles. The van der Waals surface area contributed by atoms with Gasteiger partial charge in [0.25, 0.3) is 0 Å². The maximum Gasteiger partial charge on any atom is 0.220 e. The summed E-state index contributed by atoms with van der Waals surface area (Å²) < 4.78 is 0. The summed E-state index contributed by atoms with van der Waals surface area (Å²) in [6.07, 6.45) is 86.3. The molecule has 2 unspecified atom stereocenters. The van der Waals surface area contributed by atoms with E-state index in [1.165, 1.54) is 128 Å². The lowest BCUT2D eigenvalue weighted by Gasteiger charge is -2.19. The van der Waals surface area contributed by atoms with E-state index in [9.17, 15) is 15.0 Å². The number of unbranched alkanes of at least 4 members (excludes halogenated alkanes) is 24. The number of nitrogens with one attached hydrogen (secondary N) is 1. The van der Waals surface area contributed by atoms with Gasteiger partial charge in [0.15, 0.2) is 0 Å². The zero-order chi connectivity index (χ0) is 47.7. The molecule has 4 heteroatoms. The van der Waals surface area contributed by atoms with E-state index in [2.05, 4.69) is 129 Å². The number of rotatable bonds is 49. The van der Waals surface area contributed by atoms with Crippen LogP contribution in [0.3, 0.4) is 0 Å². The Hall–Kier alpha value is -3.21. The van der Waals surface area contributed by atoms with Crippen molar-refractivity contribution < 1.29 is 15.0 Å². The monoisotopic (exact) mass is 912 g/mol. The van der Waals surface area contributed by atoms with Gasteiger partial charge in [-0.05, 0) is 103 Å². The number of hydrogen-bond acceptors (Lipinski definition) is 3. The van der Waals surface area contributed by atoms with E-state index in [1.807, 2.05) is 6.08 Å². The molecule has 0 saturated heterocycles. The first-order valence-corrected chi connectivity index (χ1v) is 27.7. The van der Waals surface area contributed by atoms with Gasteiger partial charge in [-0.2, -0.15) is 0 Å². The Labute approximate surface area is 409 Å². The molecule has 0 spiro atoms. The molecule has 2 atom stereocenters. The minimum absolute atomic E-state index is 0.101. The molecule has 66 heavy (non-hydrogen) atoms. The Morgan fingerprint density at radius 2 is 0.682 bits per heavy atom. The van der Waals surface area contributed by atoms with Crippen LogP contribution >= 0.6 is 0 Å². The summed E-state index contributed by atoms with van der Waals surface area (Å²) >= 11 is 0. The summed E-state index contributed by atoms with van der Waals surface area (Å²) in [6, 6.07) is -0.667. The van der Waals surface area contributed by atoms with Crippen molar-refractivity contribution in [2.45, 2.75) is 257 Å². The van der Waals surface area contributed by atoms with Crippen molar-refractivity contribution in [2.24, 2.45) is 0 Å². The van der Waals surface area contributed by atoms with Crippen LogP contribution in [-0.4, -0.2) is 34.9 Å². The van der Waals surface area contributed by atoms with Crippen molar-refractivity contribution >= 4 is 5.91 Å². The summed E-state index contributed by atoms with van der Waals surface area (Å²) in [7, 11) is 0. The molecule has 0 rings (SSSR count). The van der Waals surface area contributed by atoms with Gasteiger partial charge in [-0.3, -0.25) is 4.79 Å². The predicted octanol–water partition coefficient (Wildman–Crippen LogP) is 18.5. The fraction of sp³-hybridized carbons (Fsp3) is 0.661. The van der Waals surface area contributed by atoms with E-state index < -0.39 is 12.1 Å². The van der Waals surface area contributed by atoms with Crippen LogP contribution in [0.4, 0.5) is 0 Å². The highest BCUT2D eigenvalue weighted by molar-refractivity contribution is 5.76. The van der Waals surface area contributed by atoms with Crippen molar-refractivity contribution in [2.75, 3.05) is 6.61 Å². The third kappa shape index (κ3) is 51.8. The molecule has 0 radical (unpaired) electrons. The van der Waals surface area contributed by atoms with Gasteiger partial charge in [0.2, 0.25) is 5.91 Å². The first-order chi connectivity index (χ1) is 32.7. The molecule has 0 fully saturated rings. The first kappa shape index (κ1) is 62.8. The highest BCUT2D eigenvalue weighted by Crippen LogP contribution is 2.15. The maximum atomic E-state index is 12.5. The van der Waals surface area contributed by atoms with Gasteiger partial charge in [-0.1, -0.05) is 257 Å². The topological polar surface area (TPSA) is 69.6 Å². The molecule has 0 aliphatic carbocycles. The van der Waals surface area contributed by atoms with Crippen molar-refractivity contribution in [3.63, 3.8) is 0 Å².